The minimum absolute atomic E-state index is 0.215. The molecule has 0 fully saturated rings. The average Bonchev–Trinajstić information content (AvgIpc) is 3.37. The van der Waals surface area contributed by atoms with Gasteiger partial charge in [0.15, 0.2) is 5.69 Å². The Morgan fingerprint density at radius 2 is 2.03 bits per heavy atom. The minimum atomic E-state index is -0.383. The number of amides is 1. The summed E-state index contributed by atoms with van der Waals surface area (Å²) in [6, 6.07) is 15.3. The predicted octanol–water partition coefficient (Wildman–Crippen LogP) is 4.04. The van der Waals surface area contributed by atoms with E-state index in [4.69, 9.17) is 4.74 Å². The van der Waals surface area contributed by atoms with Crippen LogP contribution in [0.2, 0.25) is 0 Å². The molecule has 0 aliphatic heterocycles. The van der Waals surface area contributed by atoms with Gasteiger partial charge in [-0.25, -0.2) is 14.1 Å². The van der Waals surface area contributed by atoms with Crippen LogP contribution in [0.15, 0.2) is 60.8 Å². The van der Waals surface area contributed by atoms with E-state index in [1.165, 1.54) is 16.8 Å². The lowest BCUT2D eigenvalue weighted by atomic mass is 10.3. The molecule has 0 radical (unpaired) electrons. The van der Waals surface area contributed by atoms with Crippen molar-refractivity contribution >= 4 is 22.9 Å². The zero-order valence-electron chi connectivity index (χ0n) is 16.6. The lowest BCUT2D eigenvalue weighted by Crippen LogP contribution is -2.17. The molecule has 0 aliphatic rings. The molecule has 0 saturated heterocycles. The van der Waals surface area contributed by atoms with E-state index in [2.05, 4.69) is 15.4 Å². The molecule has 4 rings (SSSR count). The third-order valence-electron chi connectivity index (χ3n) is 4.65. The number of aromatic nitrogens is 4. The Bertz CT molecular complexity index is 1170. The first kappa shape index (κ1) is 19.8. The van der Waals surface area contributed by atoms with Gasteiger partial charge < -0.3 is 9.30 Å². The Kier molecular flexibility index (Phi) is 5.85. The lowest BCUT2D eigenvalue weighted by Gasteiger charge is -2.09. The maximum atomic E-state index is 13.5. The molecular weight excluding hydrogens is 385 g/mol. The Balaban J connectivity index is 1.56. The Morgan fingerprint density at radius 1 is 1.17 bits per heavy atom. The molecule has 7 nitrogen and oxygen atoms in total. The second-order valence-corrected chi connectivity index (χ2v) is 6.71. The number of carbonyl (C=O) groups is 1. The van der Waals surface area contributed by atoms with Gasteiger partial charge in [0.25, 0.3) is 5.91 Å². The number of hydrogen-bond donors (Lipinski definition) is 1. The summed E-state index contributed by atoms with van der Waals surface area (Å²) in [5, 5.41) is 7.12. The maximum absolute atomic E-state index is 13.5. The number of benzene rings is 2. The smallest absolute Gasteiger partial charge is 0.278 e. The molecule has 8 heteroatoms. The van der Waals surface area contributed by atoms with Gasteiger partial charge in [-0.15, -0.1) is 0 Å². The Morgan fingerprint density at radius 3 is 2.87 bits per heavy atom. The molecule has 2 heterocycles. The third-order valence-corrected chi connectivity index (χ3v) is 4.65. The van der Waals surface area contributed by atoms with Crippen molar-refractivity contribution in [2.24, 2.45) is 0 Å². The number of halogens is 1. The van der Waals surface area contributed by atoms with E-state index in [1.54, 1.807) is 24.4 Å². The van der Waals surface area contributed by atoms with Gasteiger partial charge >= 0.3 is 0 Å². The molecule has 154 valence electrons. The van der Waals surface area contributed by atoms with Crippen molar-refractivity contribution in [3.63, 3.8) is 0 Å². The normalized spacial score (nSPS) is 11.1. The Hall–Kier alpha value is -3.52. The number of carbonyl (C=O) groups excluding carboxylic acids is 1. The molecule has 0 saturated carbocycles. The quantitative estimate of drug-likeness (QED) is 0.448. The maximum Gasteiger partial charge on any atom is 0.278 e. The molecule has 0 unspecified atom stereocenters. The first-order valence-electron chi connectivity index (χ1n) is 9.81. The molecule has 0 spiro atoms. The summed E-state index contributed by atoms with van der Waals surface area (Å²) >= 11 is 0. The fraction of sp³-hybridized carbons (Fsp3) is 0.227. The van der Waals surface area contributed by atoms with Crippen LogP contribution in [0.3, 0.4) is 0 Å². The fourth-order valence-electron chi connectivity index (χ4n) is 3.24. The van der Waals surface area contributed by atoms with Crippen molar-refractivity contribution in [3.05, 3.63) is 72.3 Å². The summed E-state index contributed by atoms with van der Waals surface area (Å²) < 4.78 is 22.3. The zero-order valence-corrected chi connectivity index (χ0v) is 16.6. The van der Waals surface area contributed by atoms with E-state index in [1.807, 2.05) is 35.8 Å². The molecule has 1 amide bonds. The van der Waals surface area contributed by atoms with Crippen molar-refractivity contribution in [1.29, 1.82) is 0 Å². The molecular formula is C22H22FN5O2. The van der Waals surface area contributed by atoms with Crippen LogP contribution in [0, 0.1) is 5.82 Å². The van der Waals surface area contributed by atoms with Crippen LogP contribution >= 0.6 is 0 Å². The summed E-state index contributed by atoms with van der Waals surface area (Å²) in [5.74, 6) is -0.292. The van der Waals surface area contributed by atoms with Crippen molar-refractivity contribution in [2.75, 3.05) is 18.5 Å². The molecule has 0 aliphatic carbocycles. The molecule has 30 heavy (non-hydrogen) atoms. The van der Waals surface area contributed by atoms with E-state index >= 15 is 0 Å². The summed E-state index contributed by atoms with van der Waals surface area (Å²) in [6.45, 7) is 3.92. The third kappa shape index (κ3) is 4.23. The highest BCUT2D eigenvalue weighted by molar-refractivity contribution is 6.02. The number of para-hydroxylation sites is 2. The number of fused-ring (bicyclic) bond motifs is 1. The van der Waals surface area contributed by atoms with Gasteiger partial charge in [0, 0.05) is 26.0 Å². The van der Waals surface area contributed by atoms with Gasteiger partial charge in [0.05, 0.1) is 16.7 Å². The van der Waals surface area contributed by atoms with E-state index in [0.29, 0.717) is 31.4 Å². The van der Waals surface area contributed by atoms with Crippen LogP contribution in [0.5, 0.6) is 0 Å². The summed E-state index contributed by atoms with van der Waals surface area (Å²) in [5.41, 5.74) is 2.49. The van der Waals surface area contributed by atoms with Gasteiger partial charge in [-0.05, 0) is 49.7 Å². The largest absolute Gasteiger partial charge is 0.382 e. The first-order chi connectivity index (χ1) is 14.7. The molecule has 2 aromatic carbocycles. The van der Waals surface area contributed by atoms with E-state index < -0.39 is 0 Å². The average molecular weight is 407 g/mol. The van der Waals surface area contributed by atoms with Crippen LogP contribution in [-0.4, -0.2) is 38.5 Å². The van der Waals surface area contributed by atoms with Crippen LogP contribution in [0.4, 0.5) is 10.3 Å². The molecule has 1 N–H and O–H groups in total. The molecule has 4 aromatic rings. The zero-order chi connectivity index (χ0) is 20.9. The van der Waals surface area contributed by atoms with Crippen LogP contribution < -0.4 is 5.32 Å². The number of ether oxygens (including phenoxy) is 1. The van der Waals surface area contributed by atoms with Gasteiger partial charge in [0.2, 0.25) is 5.95 Å². The van der Waals surface area contributed by atoms with Crippen molar-refractivity contribution in [1.82, 2.24) is 19.3 Å². The predicted molar refractivity (Wildman–Crippen MR) is 112 cm³/mol. The number of anilines is 1. The van der Waals surface area contributed by atoms with Crippen molar-refractivity contribution in [2.45, 2.75) is 19.9 Å². The van der Waals surface area contributed by atoms with Crippen molar-refractivity contribution in [3.8, 4) is 5.69 Å². The van der Waals surface area contributed by atoms with Crippen molar-refractivity contribution < 1.29 is 13.9 Å². The van der Waals surface area contributed by atoms with Gasteiger partial charge in [-0.3, -0.25) is 10.1 Å². The van der Waals surface area contributed by atoms with Crippen LogP contribution in [0.25, 0.3) is 16.7 Å². The Labute approximate surface area is 173 Å². The molecule has 0 bridgehead atoms. The van der Waals surface area contributed by atoms with Gasteiger partial charge in [0.1, 0.15) is 5.82 Å². The second-order valence-electron chi connectivity index (χ2n) is 6.71. The first-order valence-corrected chi connectivity index (χ1v) is 9.81. The summed E-state index contributed by atoms with van der Waals surface area (Å²) in [7, 11) is 0. The van der Waals surface area contributed by atoms with E-state index in [9.17, 15) is 9.18 Å². The highest BCUT2D eigenvalue weighted by atomic mass is 19.1. The monoisotopic (exact) mass is 407 g/mol. The minimum Gasteiger partial charge on any atom is -0.382 e. The van der Waals surface area contributed by atoms with Crippen LogP contribution in [-0.2, 0) is 11.3 Å². The van der Waals surface area contributed by atoms with E-state index in [0.717, 1.165) is 17.5 Å². The number of rotatable bonds is 8. The number of aryl methyl sites for hydroxylation is 1. The lowest BCUT2D eigenvalue weighted by molar-refractivity contribution is 0.102. The number of nitrogens with zero attached hydrogens (tertiary/aromatic N) is 4. The standard InChI is InChI=1S/C22H22FN5O2/c1-2-30-14-6-12-27-20-10-4-3-9-18(20)24-22(27)25-21(29)19-11-13-28(26-19)17-8-5-7-16(23)15-17/h3-5,7-11,13,15H,2,6,12,14H2,1H3,(H,24,25,29). The summed E-state index contributed by atoms with van der Waals surface area (Å²) in [6.07, 6.45) is 2.42. The van der Waals surface area contributed by atoms with Gasteiger partial charge in [-0.1, -0.05) is 18.2 Å². The molecule has 2 aromatic heterocycles. The highest BCUT2D eigenvalue weighted by Crippen LogP contribution is 2.21. The molecule has 0 atom stereocenters. The number of hydrogen-bond acceptors (Lipinski definition) is 4. The highest BCUT2D eigenvalue weighted by Gasteiger charge is 2.16. The fourth-order valence-corrected chi connectivity index (χ4v) is 3.24. The topological polar surface area (TPSA) is 74.0 Å². The van der Waals surface area contributed by atoms with E-state index in [-0.39, 0.29) is 17.4 Å². The van der Waals surface area contributed by atoms with Crippen LogP contribution in [0.1, 0.15) is 23.8 Å². The summed E-state index contributed by atoms with van der Waals surface area (Å²) in [4.78, 5) is 17.4. The number of nitrogens with one attached hydrogen (secondary N) is 1. The second kappa shape index (κ2) is 8.87. The SMILES string of the molecule is CCOCCCn1c(NC(=O)c2ccn(-c3cccc(F)c3)n2)nc2ccccc21. The number of imidazole rings is 1. The van der Waals surface area contributed by atoms with Gasteiger partial charge in [-0.2, -0.15) is 5.10 Å².